The van der Waals surface area contributed by atoms with Crippen LogP contribution in [0.25, 0.3) is 0 Å². The van der Waals surface area contributed by atoms with Gasteiger partial charge in [-0.2, -0.15) is 0 Å². The van der Waals surface area contributed by atoms with E-state index in [1.54, 1.807) is 0 Å². The van der Waals surface area contributed by atoms with Crippen LogP contribution in [0.4, 0.5) is 0 Å². The van der Waals surface area contributed by atoms with E-state index in [2.05, 4.69) is 0 Å². The average molecular weight is 214 g/mol. The van der Waals surface area contributed by atoms with Crippen LogP contribution in [-0.2, 0) is 14.3 Å². The standard InChI is InChI=1S/C10H18N2O3/c1-7(2)10(3,6-11)12-8(13)4-15-5-9(12)14/h7H,4-6,11H2,1-3H3. The van der Waals surface area contributed by atoms with Crippen LogP contribution >= 0.6 is 0 Å². The second kappa shape index (κ2) is 4.28. The Kier molecular flexibility index (Phi) is 3.46. The molecule has 86 valence electrons. The van der Waals surface area contributed by atoms with Crippen molar-refractivity contribution in [2.24, 2.45) is 11.7 Å². The summed E-state index contributed by atoms with van der Waals surface area (Å²) in [7, 11) is 0. The fourth-order valence-electron chi connectivity index (χ4n) is 1.65. The number of hydrogen-bond donors (Lipinski definition) is 1. The summed E-state index contributed by atoms with van der Waals surface area (Å²) in [6, 6.07) is 0. The predicted octanol–water partition coefficient (Wildman–Crippen LogP) is -0.255. The molecule has 0 aliphatic carbocycles. The molecule has 1 unspecified atom stereocenters. The molecule has 5 heteroatoms. The average Bonchev–Trinajstić information content (AvgIpc) is 2.16. The monoisotopic (exact) mass is 214 g/mol. The lowest BCUT2D eigenvalue weighted by molar-refractivity contribution is -0.167. The SMILES string of the molecule is CC(C)C(C)(CN)N1C(=O)COCC1=O. The zero-order valence-corrected chi connectivity index (χ0v) is 9.45. The number of carbonyl (C=O) groups excluding carboxylic acids is 2. The highest BCUT2D eigenvalue weighted by Gasteiger charge is 2.42. The van der Waals surface area contributed by atoms with Crippen molar-refractivity contribution in [3.63, 3.8) is 0 Å². The summed E-state index contributed by atoms with van der Waals surface area (Å²) in [5.74, 6) is -0.477. The number of ether oxygens (including phenoxy) is 1. The number of morpholine rings is 1. The van der Waals surface area contributed by atoms with Gasteiger partial charge in [-0.05, 0) is 12.8 Å². The van der Waals surface area contributed by atoms with Gasteiger partial charge in [0.25, 0.3) is 11.8 Å². The van der Waals surface area contributed by atoms with E-state index in [-0.39, 0.29) is 37.5 Å². The highest BCUT2D eigenvalue weighted by molar-refractivity contribution is 5.99. The van der Waals surface area contributed by atoms with Crippen LogP contribution < -0.4 is 5.73 Å². The predicted molar refractivity (Wildman–Crippen MR) is 55.0 cm³/mol. The van der Waals surface area contributed by atoms with Gasteiger partial charge in [0.2, 0.25) is 0 Å². The molecule has 0 aromatic heterocycles. The molecule has 5 nitrogen and oxygen atoms in total. The summed E-state index contributed by atoms with van der Waals surface area (Å²) < 4.78 is 4.86. The van der Waals surface area contributed by atoms with Crippen molar-refractivity contribution in [1.82, 2.24) is 4.90 Å². The maximum Gasteiger partial charge on any atom is 0.255 e. The van der Waals surface area contributed by atoms with Crippen molar-refractivity contribution in [3.8, 4) is 0 Å². The van der Waals surface area contributed by atoms with Gasteiger partial charge in [0.05, 0.1) is 5.54 Å². The molecule has 0 saturated carbocycles. The molecular weight excluding hydrogens is 196 g/mol. The Hall–Kier alpha value is -0.940. The molecule has 0 spiro atoms. The molecule has 2 amide bonds. The quantitative estimate of drug-likeness (QED) is 0.657. The summed E-state index contributed by atoms with van der Waals surface area (Å²) in [6.07, 6.45) is 0. The largest absolute Gasteiger partial charge is 0.362 e. The van der Waals surface area contributed by atoms with Crippen molar-refractivity contribution < 1.29 is 14.3 Å². The molecule has 1 fully saturated rings. The lowest BCUT2D eigenvalue weighted by Gasteiger charge is -2.43. The molecule has 1 saturated heterocycles. The molecular formula is C10H18N2O3. The van der Waals surface area contributed by atoms with Gasteiger partial charge in [-0.25, -0.2) is 0 Å². The van der Waals surface area contributed by atoms with Gasteiger partial charge in [0, 0.05) is 6.54 Å². The van der Waals surface area contributed by atoms with Crippen LogP contribution in [-0.4, -0.2) is 42.0 Å². The van der Waals surface area contributed by atoms with Crippen molar-refractivity contribution >= 4 is 11.8 Å². The van der Waals surface area contributed by atoms with Crippen molar-refractivity contribution in [2.75, 3.05) is 19.8 Å². The maximum atomic E-state index is 11.6. The van der Waals surface area contributed by atoms with E-state index < -0.39 is 5.54 Å². The molecule has 1 rings (SSSR count). The fourth-order valence-corrected chi connectivity index (χ4v) is 1.65. The lowest BCUT2D eigenvalue weighted by Crippen LogP contribution is -2.63. The minimum Gasteiger partial charge on any atom is -0.362 e. The fraction of sp³-hybridized carbons (Fsp3) is 0.800. The van der Waals surface area contributed by atoms with Gasteiger partial charge < -0.3 is 10.5 Å². The number of carbonyl (C=O) groups is 2. The topological polar surface area (TPSA) is 72.6 Å². The second-order valence-corrected chi connectivity index (χ2v) is 4.33. The van der Waals surface area contributed by atoms with E-state index in [9.17, 15) is 9.59 Å². The number of amides is 2. The van der Waals surface area contributed by atoms with Crippen LogP contribution in [0.5, 0.6) is 0 Å². The minimum absolute atomic E-state index is 0.0337. The van der Waals surface area contributed by atoms with Crippen LogP contribution in [0.3, 0.4) is 0 Å². The molecule has 0 radical (unpaired) electrons. The minimum atomic E-state index is -0.613. The van der Waals surface area contributed by atoms with Crippen molar-refractivity contribution in [2.45, 2.75) is 26.3 Å². The van der Waals surface area contributed by atoms with Crippen LogP contribution in [0.15, 0.2) is 0 Å². The molecule has 0 aromatic carbocycles. The van der Waals surface area contributed by atoms with E-state index >= 15 is 0 Å². The Bertz CT molecular complexity index is 262. The molecule has 1 aliphatic heterocycles. The first-order valence-electron chi connectivity index (χ1n) is 5.07. The van der Waals surface area contributed by atoms with Gasteiger partial charge in [0.1, 0.15) is 13.2 Å². The first-order valence-corrected chi connectivity index (χ1v) is 5.07. The molecule has 1 atom stereocenters. The van der Waals surface area contributed by atoms with Crippen LogP contribution in [0.2, 0.25) is 0 Å². The molecule has 1 aliphatic rings. The zero-order valence-electron chi connectivity index (χ0n) is 9.45. The molecule has 0 aromatic rings. The summed E-state index contributed by atoms with van der Waals surface area (Å²) in [5, 5.41) is 0. The third-order valence-electron chi connectivity index (χ3n) is 3.12. The van der Waals surface area contributed by atoms with E-state index in [1.165, 1.54) is 4.90 Å². The van der Waals surface area contributed by atoms with Crippen LogP contribution in [0.1, 0.15) is 20.8 Å². The van der Waals surface area contributed by atoms with Crippen molar-refractivity contribution in [3.05, 3.63) is 0 Å². The number of nitrogens with two attached hydrogens (primary N) is 1. The normalized spacial score (nSPS) is 22.1. The third-order valence-corrected chi connectivity index (χ3v) is 3.12. The molecule has 0 bridgehead atoms. The number of nitrogens with zero attached hydrogens (tertiary/aromatic N) is 1. The Morgan fingerprint density at radius 3 is 2.20 bits per heavy atom. The Labute approximate surface area is 89.6 Å². The van der Waals surface area contributed by atoms with E-state index in [4.69, 9.17) is 10.5 Å². The number of imide groups is 1. The Morgan fingerprint density at radius 1 is 1.40 bits per heavy atom. The van der Waals surface area contributed by atoms with E-state index in [0.29, 0.717) is 0 Å². The second-order valence-electron chi connectivity index (χ2n) is 4.33. The summed E-state index contributed by atoms with van der Waals surface area (Å²) >= 11 is 0. The first kappa shape index (κ1) is 12.1. The van der Waals surface area contributed by atoms with Crippen LogP contribution in [0, 0.1) is 5.92 Å². The maximum absolute atomic E-state index is 11.6. The summed E-state index contributed by atoms with van der Waals surface area (Å²) in [4.78, 5) is 24.5. The Morgan fingerprint density at radius 2 is 1.87 bits per heavy atom. The molecule has 15 heavy (non-hydrogen) atoms. The number of rotatable bonds is 3. The summed E-state index contributed by atoms with van der Waals surface area (Å²) in [5.41, 5.74) is 5.06. The Balaban J connectivity index is 3.00. The third kappa shape index (κ3) is 2.03. The summed E-state index contributed by atoms with van der Waals surface area (Å²) in [6.45, 7) is 5.93. The van der Waals surface area contributed by atoms with Crippen molar-refractivity contribution in [1.29, 1.82) is 0 Å². The smallest absolute Gasteiger partial charge is 0.255 e. The molecule has 2 N–H and O–H groups in total. The van der Waals surface area contributed by atoms with Gasteiger partial charge in [-0.3, -0.25) is 14.5 Å². The van der Waals surface area contributed by atoms with Gasteiger partial charge in [0.15, 0.2) is 0 Å². The van der Waals surface area contributed by atoms with Gasteiger partial charge >= 0.3 is 0 Å². The van der Waals surface area contributed by atoms with E-state index in [0.717, 1.165) is 0 Å². The first-order chi connectivity index (χ1) is 6.93. The number of hydrogen-bond acceptors (Lipinski definition) is 4. The highest BCUT2D eigenvalue weighted by Crippen LogP contribution is 2.25. The highest BCUT2D eigenvalue weighted by atomic mass is 16.5. The van der Waals surface area contributed by atoms with E-state index in [1.807, 2.05) is 20.8 Å². The zero-order chi connectivity index (χ0) is 11.6. The molecule has 1 heterocycles. The van der Waals surface area contributed by atoms with Gasteiger partial charge in [-0.15, -0.1) is 0 Å². The lowest BCUT2D eigenvalue weighted by atomic mass is 9.86. The van der Waals surface area contributed by atoms with Gasteiger partial charge in [-0.1, -0.05) is 13.8 Å².